The topological polar surface area (TPSA) is 27.0 Å². The first-order chi connectivity index (χ1) is 12.8. The van der Waals surface area contributed by atoms with Crippen molar-refractivity contribution in [1.29, 1.82) is 5.26 Å². The Hall–Kier alpha value is -2.11. The van der Waals surface area contributed by atoms with Crippen molar-refractivity contribution >= 4 is 0 Å². The fraction of sp³-hybridized carbons (Fsp3) is 0.458. The van der Waals surface area contributed by atoms with E-state index in [0.29, 0.717) is 0 Å². The number of hydrogen-bond donors (Lipinski definition) is 0. The molecule has 2 unspecified atom stereocenters. The van der Waals surface area contributed by atoms with E-state index >= 15 is 0 Å². The molecule has 1 heterocycles. The van der Waals surface area contributed by atoms with Crippen molar-refractivity contribution in [2.24, 2.45) is 11.8 Å². The molecular formula is C24H28N2. The molecule has 0 bridgehead atoms. The lowest BCUT2D eigenvalue weighted by Crippen LogP contribution is -2.33. The van der Waals surface area contributed by atoms with Crippen LogP contribution in [0.4, 0.5) is 0 Å². The van der Waals surface area contributed by atoms with Crippen LogP contribution in [0, 0.1) is 23.2 Å². The van der Waals surface area contributed by atoms with E-state index in [9.17, 15) is 5.26 Å². The molecule has 2 aromatic carbocycles. The van der Waals surface area contributed by atoms with Crippen LogP contribution >= 0.6 is 0 Å². The molecule has 0 aromatic heterocycles. The predicted molar refractivity (Wildman–Crippen MR) is 106 cm³/mol. The number of nitriles is 1. The van der Waals surface area contributed by atoms with Gasteiger partial charge in [-0.2, -0.15) is 5.26 Å². The van der Waals surface area contributed by atoms with Gasteiger partial charge in [-0.3, -0.25) is 0 Å². The molecule has 2 atom stereocenters. The van der Waals surface area contributed by atoms with Crippen LogP contribution in [0.3, 0.4) is 0 Å². The second-order valence-corrected chi connectivity index (χ2v) is 8.06. The second-order valence-electron chi connectivity index (χ2n) is 8.06. The van der Waals surface area contributed by atoms with Gasteiger partial charge >= 0.3 is 0 Å². The van der Waals surface area contributed by atoms with E-state index in [4.69, 9.17) is 0 Å². The fourth-order valence-corrected chi connectivity index (χ4v) is 5.10. The molecule has 2 fully saturated rings. The average molecular weight is 345 g/mol. The quantitative estimate of drug-likeness (QED) is 0.762. The highest BCUT2D eigenvalue weighted by Gasteiger charge is 2.38. The molecule has 0 amide bonds. The minimum atomic E-state index is -0.559. The van der Waals surface area contributed by atoms with Gasteiger partial charge in [0.15, 0.2) is 0 Å². The van der Waals surface area contributed by atoms with Gasteiger partial charge in [0, 0.05) is 19.6 Å². The Kier molecular flexibility index (Phi) is 5.09. The molecule has 0 N–H and O–H groups in total. The maximum Gasteiger partial charge on any atom is 0.108 e. The van der Waals surface area contributed by atoms with E-state index in [1.54, 1.807) is 0 Å². The van der Waals surface area contributed by atoms with Crippen molar-refractivity contribution in [1.82, 2.24) is 4.90 Å². The highest BCUT2D eigenvalue weighted by molar-refractivity contribution is 5.45. The maximum atomic E-state index is 10.3. The largest absolute Gasteiger partial charge is 0.303 e. The van der Waals surface area contributed by atoms with Crippen LogP contribution in [0.2, 0.25) is 0 Å². The lowest BCUT2D eigenvalue weighted by molar-refractivity contribution is 0.299. The number of rotatable bonds is 5. The zero-order valence-corrected chi connectivity index (χ0v) is 15.5. The first-order valence-electron chi connectivity index (χ1n) is 10.1. The van der Waals surface area contributed by atoms with Gasteiger partial charge < -0.3 is 4.90 Å². The number of hydrogen-bond acceptors (Lipinski definition) is 2. The van der Waals surface area contributed by atoms with Crippen molar-refractivity contribution in [2.45, 2.75) is 37.5 Å². The number of likely N-dealkylation sites (tertiary alicyclic amines) is 1. The smallest absolute Gasteiger partial charge is 0.108 e. The van der Waals surface area contributed by atoms with E-state index in [2.05, 4.69) is 59.5 Å². The molecule has 2 heteroatoms. The Morgan fingerprint density at radius 2 is 1.35 bits per heavy atom. The van der Waals surface area contributed by atoms with Gasteiger partial charge in [-0.25, -0.2) is 0 Å². The summed E-state index contributed by atoms with van der Waals surface area (Å²) in [6.45, 7) is 3.47. The van der Waals surface area contributed by atoms with E-state index in [-0.39, 0.29) is 0 Å². The van der Waals surface area contributed by atoms with Crippen LogP contribution in [0.5, 0.6) is 0 Å². The SMILES string of the molecule is N#CC(CCN1CC2CCCCC2C1)(c1ccccc1)c1ccccc1. The highest BCUT2D eigenvalue weighted by Crippen LogP contribution is 2.39. The number of fused-ring (bicyclic) bond motifs is 1. The zero-order chi connectivity index (χ0) is 17.8. The van der Waals surface area contributed by atoms with Crippen LogP contribution in [0.1, 0.15) is 43.2 Å². The first-order valence-corrected chi connectivity index (χ1v) is 10.1. The summed E-state index contributed by atoms with van der Waals surface area (Å²) in [5.41, 5.74) is 1.67. The van der Waals surface area contributed by atoms with Gasteiger partial charge in [-0.15, -0.1) is 0 Å². The molecule has 0 radical (unpaired) electrons. The number of nitrogens with zero attached hydrogens (tertiary/aromatic N) is 2. The van der Waals surface area contributed by atoms with Gasteiger partial charge in [0.25, 0.3) is 0 Å². The molecule has 1 saturated carbocycles. The van der Waals surface area contributed by atoms with Crippen LogP contribution in [-0.2, 0) is 5.41 Å². The van der Waals surface area contributed by atoms with Crippen LogP contribution < -0.4 is 0 Å². The Bertz CT molecular complexity index is 693. The van der Waals surface area contributed by atoms with E-state index in [1.807, 2.05) is 12.1 Å². The monoisotopic (exact) mass is 344 g/mol. The molecule has 1 saturated heterocycles. The minimum absolute atomic E-state index is 0.559. The standard InChI is InChI=1S/C24H28N2/c25-19-24(22-11-3-1-4-12-22,23-13-5-2-6-14-23)15-16-26-17-20-9-7-8-10-21(20)18-26/h1-6,11-14,20-21H,7-10,15-18H2. The first kappa shape index (κ1) is 17.3. The molecular weight excluding hydrogens is 316 g/mol. The Labute approximate surface area is 157 Å². The average Bonchev–Trinajstić information content (AvgIpc) is 3.13. The lowest BCUT2D eigenvalue weighted by Gasteiger charge is -2.30. The van der Waals surface area contributed by atoms with Crippen LogP contribution in [0.15, 0.2) is 60.7 Å². The highest BCUT2D eigenvalue weighted by atomic mass is 15.2. The Morgan fingerprint density at radius 3 is 1.81 bits per heavy atom. The molecule has 1 aliphatic heterocycles. The van der Waals surface area contributed by atoms with Gasteiger partial charge in [0.05, 0.1) is 6.07 Å². The van der Waals surface area contributed by atoms with Crippen molar-refractivity contribution in [3.8, 4) is 6.07 Å². The second kappa shape index (κ2) is 7.64. The normalized spacial score (nSPS) is 23.3. The van der Waals surface area contributed by atoms with Crippen LogP contribution in [0.25, 0.3) is 0 Å². The van der Waals surface area contributed by atoms with Gasteiger partial charge in [-0.05, 0) is 42.2 Å². The minimum Gasteiger partial charge on any atom is -0.303 e. The Morgan fingerprint density at radius 1 is 0.846 bits per heavy atom. The fourth-order valence-electron chi connectivity index (χ4n) is 5.10. The molecule has 26 heavy (non-hydrogen) atoms. The summed E-state index contributed by atoms with van der Waals surface area (Å²) in [6.07, 6.45) is 6.48. The summed E-state index contributed by atoms with van der Waals surface area (Å²) in [4.78, 5) is 2.62. The van der Waals surface area contributed by atoms with Crippen LogP contribution in [-0.4, -0.2) is 24.5 Å². The summed E-state index contributed by atoms with van der Waals surface area (Å²) >= 11 is 0. The summed E-state index contributed by atoms with van der Waals surface area (Å²) in [5, 5.41) is 10.3. The lowest BCUT2D eigenvalue weighted by atomic mass is 9.73. The van der Waals surface area contributed by atoms with E-state index in [0.717, 1.165) is 35.9 Å². The summed E-state index contributed by atoms with van der Waals surface area (Å²) in [7, 11) is 0. The van der Waals surface area contributed by atoms with Crippen molar-refractivity contribution in [2.75, 3.05) is 19.6 Å². The van der Waals surface area contributed by atoms with Gasteiger partial charge in [-0.1, -0.05) is 73.5 Å². The summed E-state index contributed by atoms with van der Waals surface area (Å²) in [5.74, 6) is 1.79. The third-order valence-electron chi connectivity index (χ3n) is 6.58. The third-order valence-corrected chi connectivity index (χ3v) is 6.58. The zero-order valence-electron chi connectivity index (χ0n) is 15.5. The molecule has 2 aliphatic rings. The molecule has 4 rings (SSSR count). The van der Waals surface area contributed by atoms with Crippen molar-refractivity contribution in [3.05, 3.63) is 71.8 Å². The van der Waals surface area contributed by atoms with Crippen molar-refractivity contribution < 1.29 is 0 Å². The molecule has 2 nitrogen and oxygen atoms in total. The van der Waals surface area contributed by atoms with E-state index in [1.165, 1.54) is 38.8 Å². The molecule has 0 spiro atoms. The van der Waals surface area contributed by atoms with Gasteiger partial charge in [0.2, 0.25) is 0 Å². The van der Waals surface area contributed by atoms with E-state index < -0.39 is 5.41 Å². The summed E-state index contributed by atoms with van der Waals surface area (Å²) < 4.78 is 0. The third kappa shape index (κ3) is 3.29. The van der Waals surface area contributed by atoms with Crippen molar-refractivity contribution in [3.63, 3.8) is 0 Å². The predicted octanol–water partition coefficient (Wildman–Crippen LogP) is 5.01. The molecule has 134 valence electrons. The molecule has 2 aromatic rings. The van der Waals surface area contributed by atoms with Gasteiger partial charge in [0.1, 0.15) is 5.41 Å². The summed E-state index contributed by atoms with van der Waals surface area (Å²) in [6, 6.07) is 23.4. The maximum absolute atomic E-state index is 10.3. The Balaban J connectivity index is 1.57. The molecule has 1 aliphatic carbocycles. The number of benzene rings is 2.